The summed E-state index contributed by atoms with van der Waals surface area (Å²) in [5.41, 5.74) is 1.53. The smallest absolute Gasteiger partial charge is 0.342 e. The largest absolute Gasteiger partial charge is 0.489 e. The molecule has 5 nitrogen and oxygen atoms in total. The van der Waals surface area contributed by atoms with Gasteiger partial charge in [-0.05, 0) is 48.9 Å². The van der Waals surface area contributed by atoms with Crippen molar-refractivity contribution in [2.24, 2.45) is 0 Å². The SMILES string of the molecule is CC(=O)c1ccccc1OCCOC(=O)c1ccccc1OCc1ccc(F)cc1. The van der Waals surface area contributed by atoms with Gasteiger partial charge in [-0.15, -0.1) is 0 Å². The average Bonchev–Trinajstić information content (AvgIpc) is 2.76. The zero-order valence-corrected chi connectivity index (χ0v) is 16.5. The van der Waals surface area contributed by atoms with Gasteiger partial charge in [0.1, 0.15) is 42.7 Å². The predicted octanol–water partition coefficient (Wildman–Crippen LogP) is 4.84. The molecule has 3 aromatic rings. The fourth-order valence-electron chi connectivity index (χ4n) is 2.75. The lowest BCUT2D eigenvalue weighted by atomic mass is 10.1. The van der Waals surface area contributed by atoms with Crippen molar-refractivity contribution in [3.8, 4) is 11.5 Å². The van der Waals surface area contributed by atoms with E-state index in [0.29, 0.717) is 17.1 Å². The van der Waals surface area contributed by atoms with Gasteiger partial charge in [-0.25, -0.2) is 9.18 Å². The minimum Gasteiger partial charge on any atom is -0.489 e. The topological polar surface area (TPSA) is 61.8 Å². The van der Waals surface area contributed by atoms with E-state index in [0.717, 1.165) is 5.56 Å². The number of rotatable bonds is 9. The third-order valence-electron chi connectivity index (χ3n) is 4.25. The Morgan fingerprint density at radius 3 is 2.03 bits per heavy atom. The average molecular weight is 408 g/mol. The van der Waals surface area contributed by atoms with Gasteiger partial charge in [0.05, 0.1) is 5.56 Å². The zero-order chi connectivity index (χ0) is 21.3. The molecule has 154 valence electrons. The van der Waals surface area contributed by atoms with Gasteiger partial charge in [-0.1, -0.05) is 36.4 Å². The molecule has 3 rings (SSSR count). The summed E-state index contributed by atoms with van der Waals surface area (Å²) in [5.74, 6) is -0.155. The number of hydrogen-bond donors (Lipinski definition) is 0. The van der Waals surface area contributed by atoms with E-state index in [1.165, 1.54) is 19.1 Å². The molecule has 0 saturated carbocycles. The maximum absolute atomic E-state index is 13.0. The zero-order valence-electron chi connectivity index (χ0n) is 16.5. The standard InChI is InChI=1S/C24H21FO5/c1-17(26)20-6-2-4-8-22(20)28-14-15-29-24(27)21-7-3-5-9-23(21)30-16-18-10-12-19(25)13-11-18/h2-13H,14-16H2,1H3. The highest BCUT2D eigenvalue weighted by Gasteiger charge is 2.14. The molecule has 0 heterocycles. The van der Waals surface area contributed by atoms with Gasteiger partial charge < -0.3 is 14.2 Å². The van der Waals surface area contributed by atoms with Crippen molar-refractivity contribution in [3.05, 3.63) is 95.3 Å². The molecule has 3 aromatic carbocycles. The van der Waals surface area contributed by atoms with E-state index in [2.05, 4.69) is 0 Å². The van der Waals surface area contributed by atoms with Gasteiger partial charge in [0.25, 0.3) is 0 Å². The highest BCUT2D eigenvalue weighted by molar-refractivity contribution is 5.96. The summed E-state index contributed by atoms with van der Waals surface area (Å²) >= 11 is 0. The van der Waals surface area contributed by atoms with E-state index in [1.54, 1.807) is 60.7 Å². The molecule has 0 radical (unpaired) electrons. The van der Waals surface area contributed by atoms with Gasteiger partial charge in [-0.2, -0.15) is 0 Å². The van der Waals surface area contributed by atoms with Gasteiger partial charge in [0, 0.05) is 0 Å². The van der Waals surface area contributed by atoms with Crippen molar-refractivity contribution in [2.45, 2.75) is 13.5 Å². The molecule has 0 amide bonds. The third-order valence-corrected chi connectivity index (χ3v) is 4.25. The number of esters is 1. The number of carbonyl (C=O) groups excluding carboxylic acids is 2. The molecule has 0 atom stereocenters. The Kier molecular flexibility index (Phi) is 7.16. The summed E-state index contributed by atoms with van der Waals surface area (Å²) in [6.07, 6.45) is 0. The van der Waals surface area contributed by atoms with Crippen molar-refractivity contribution in [3.63, 3.8) is 0 Å². The van der Waals surface area contributed by atoms with Crippen LogP contribution in [0.2, 0.25) is 0 Å². The van der Waals surface area contributed by atoms with Crippen LogP contribution in [0.15, 0.2) is 72.8 Å². The van der Waals surface area contributed by atoms with Crippen LogP contribution >= 0.6 is 0 Å². The van der Waals surface area contributed by atoms with E-state index in [-0.39, 0.29) is 37.0 Å². The monoisotopic (exact) mass is 408 g/mol. The first-order valence-corrected chi connectivity index (χ1v) is 9.41. The van der Waals surface area contributed by atoms with Crippen LogP contribution in [-0.2, 0) is 11.3 Å². The Hall–Kier alpha value is -3.67. The third kappa shape index (κ3) is 5.67. The van der Waals surface area contributed by atoms with Crippen molar-refractivity contribution in [1.82, 2.24) is 0 Å². The molecular weight excluding hydrogens is 387 g/mol. The molecule has 0 aliphatic carbocycles. The number of halogens is 1. The van der Waals surface area contributed by atoms with E-state index >= 15 is 0 Å². The number of ether oxygens (including phenoxy) is 3. The van der Waals surface area contributed by atoms with Gasteiger partial charge in [-0.3, -0.25) is 4.79 Å². The number of ketones is 1. The minimum absolute atomic E-state index is 0.0113. The van der Waals surface area contributed by atoms with Crippen molar-refractivity contribution >= 4 is 11.8 Å². The second-order valence-electron chi connectivity index (χ2n) is 6.45. The molecule has 0 aliphatic rings. The van der Waals surface area contributed by atoms with Crippen molar-refractivity contribution in [1.29, 1.82) is 0 Å². The van der Waals surface area contributed by atoms with Crippen LogP contribution in [0, 0.1) is 5.82 Å². The highest BCUT2D eigenvalue weighted by atomic mass is 19.1. The van der Waals surface area contributed by atoms with E-state index in [4.69, 9.17) is 14.2 Å². The molecule has 30 heavy (non-hydrogen) atoms. The predicted molar refractivity (Wildman–Crippen MR) is 109 cm³/mol. The van der Waals surface area contributed by atoms with Crippen LogP contribution in [-0.4, -0.2) is 25.0 Å². The van der Waals surface area contributed by atoms with Crippen LogP contribution in [0.3, 0.4) is 0 Å². The lowest BCUT2D eigenvalue weighted by Gasteiger charge is -2.12. The summed E-state index contributed by atoms with van der Waals surface area (Å²) in [4.78, 5) is 24.1. The summed E-state index contributed by atoms with van der Waals surface area (Å²) in [6, 6.07) is 19.6. The number of Topliss-reactive ketones (excluding diaryl/α,β-unsaturated/α-hetero) is 1. The summed E-state index contributed by atoms with van der Waals surface area (Å²) in [6.45, 7) is 1.77. The summed E-state index contributed by atoms with van der Waals surface area (Å²) in [7, 11) is 0. The number of hydrogen-bond acceptors (Lipinski definition) is 5. The number of para-hydroxylation sites is 2. The second-order valence-corrected chi connectivity index (χ2v) is 6.45. The van der Waals surface area contributed by atoms with E-state index in [9.17, 15) is 14.0 Å². The first-order chi connectivity index (χ1) is 14.5. The molecule has 0 bridgehead atoms. The molecule has 0 N–H and O–H groups in total. The van der Waals surface area contributed by atoms with E-state index < -0.39 is 5.97 Å². The molecule has 0 aromatic heterocycles. The number of carbonyl (C=O) groups is 2. The Morgan fingerprint density at radius 1 is 0.767 bits per heavy atom. The van der Waals surface area contributed by atoms with Crippen molar-refractivity contribution in [2.75, 3.05) is 13.2 Å². The Bertz CT molecular complexity index is 1010. The first kappa shape index (κ1) is 21.0. The fourth-order valence-corrected chi connectivity index (χ4v) is 2.75. The van der Waals surface area contributed by atoms with Crippen LogP contribution < -0.4 is 9.47 Å². The van der Waals surface area contributed by atoms with Crippen LogP contribution in [0.25, 0.3) is 0 Å². The Balaban J connectivity index is 1.54. The molecule has 0 spiro atoms. The molecular formula is C24H21FO5. The lowest BCUT2D eigenvalue weighted by molar-refractivity contribution is 0.0444. The maximum atomic E-state index is 13.0. The molecule has 0 unspecified atom stereocenters. The maximum Gasteiger partial charge on any atom is 0.342 e. The number of benzene rings is 3. The fraction of sp³-hybridized carbons (Fsp3) is 0.167. The summed E-state index contributed by atoms with van der Waals surface area (Å²) < 4.78 is 29.6. The van der Waals surface area contributed by atoms with Gasteiger partial charge in [0.15, 0.2) is 5.78 Å². The second kappa shape index (κ2) is 10.2. The van der Waals surface area contributed by atoms with Crippen LogP contribution in [0.4, 0.5) is 4.39 Å². The quantitative estimate of drug-likeness (QED) is 0.288. The highest BCUT2D eigenvalue weighted by Crippen LogP contribution is 2.21. The van der Waals surface area contributed by atoms with Gasteiger partial charge in [0.2, 0.25) is 0 Å². The molecule has 0 saturated heterocycles. The van der Waals surface area contributed by atoms with Crippen LogP contribution in [0.5, 0.6) is 11.5 Å². The summed E-state index contributed by atoms with van der Waals surface area (Å²) in [5, 5.41) is 0. The van der Waals surface area contributed by atoms with E-state index in [1.807, 2.05) is 0 Å². The van der Waals surface area contributed by atoms with Crippen LogP contribution in [0.1, 0.15) is 33.2 Å². The molecule has 0 aliphatic heterocycles. The minimum atomic E-state index is -0.548. The normalized spacial score (nSPS) is 10.3. The Labute approximate surface area is 174 Å². The first-order valence-electron chi connectivity index (χ1n) is 9.41. The van der Waals surface area contributed by atoms with Gasteiger partial charge >= 0.3 is 5.97 Å². The molecule has 0 fully saturated rings. The Morgan fingerprint density at radius 2 is 1.37 bits per heavy atom. The van der Waals surface area contributed by atoms with Crippen molar-refractivity contribution < 1.29 is 28.2 Å². The lowest BCUT2D eigenvalue weighted by Crippen LogP contribution is -2.14. The molecule has 6 heteroatoms.